The summed E-state index contributed by atoms with van der Waals surface area (Å²) in [5.74, 6) is 0.391. The van der Waals surface area contributed by atoms with Gasteiger partial charge < -0.3 is 5.73 Å². The highest BCUT2D eigenvalue weighted by atomic mass is 35.5. The van der Waals surface area contributed by atoms with E-state index >= 15 is 0 Å². The number of sulfone groups is 1. The van der Waals surface area contributed by atoms with Crippen molar-refractivity contribution < 1.29 is 8.42 Å². The molecule has 0 saturated heterocycles. The second kappa shape index (κ2) is 6.50. The Morgan fingerprint density at radius 2 is 1.64 bits per heavy atom. The Morgan fingerprint density at radius 3 is 2.24 bits per heavy atom. The smallest absolute Gasteiger partial charge is 0.175 e. The number of pyridine rings is 1. The molecule has 3 rings (SSSR count). The molecular weight excluding hydrogens is 356 g/mol. The standard InChI is InChI=1S/C19H17ClN2O2S/c1-12-3-8-16(18(20)9-12)17-10-14(11-22-19(17)21)13-4-6-15(7-5-13)25(2,23)24/h3-11H,1-2H3,(H2,21,22). The molecular formula is C19H17ClN2O2S. The third kappa shape index (κ3) is 3.67. The zero-order valence-corrected chi connectivity index (χ0v) is 15.4. The second-order valence-electron chi connectivity index (χ2n) is 5.94. The predicted octanol–water partition coefficient (Wildman–Crippen LogP) is 4.36. The molecule has 1 aromatic heterocycles. The van der Waals surface area contributed by atoms with Gasteiger partial charge in [0.15, 0.2) is 9.84 Å². The molecule has 1 heterocycles. The van der Waals surface area contributed by atoms with Gasteiger partial charge >= 0.3 is 0 Å². The van der Waals surface area contributed by atoms with Gasteiger partial charge in [-0.3, -0.25) is 0 Å². The lowest BCUT2D eigenvalue weighted by atomic mass is 10.0. The van der Waals surface area contributed by atoms with Crippen LogP contribution in [0.3, 0.4) is 0 Å². The molecule has 0 saturated carbocycles. The van der Waals surface area contributed by atoms with E-state index in [1.807, 2.05) is 31.2 Å². The zero-order valence-electron chi connectivity index (χ0n) is 13.8. The molecule has 0 fully saturated rings. The number of anilines is 1. The summed E-state index contributed by atoms with van der Waals surface area (Å²) >= 11 is 6.36. The van der Waals surface area contributed by atoms with Crippen LogP contribution in [0.5, 0.6) is 0 Å². The highest BCUT2D eigenvalue weighted by molar-refractivity contribution is 7.90. The normalized spacial score (nSPS) is 11.5. The van der Waals surface area contributed by atoms with Crippen molar-refractivity contribution in [3.05, 3.63) is 65.3 Å². The van der Waals surface area contributed by atoms with Gasteiger partial charge in [-0.15, -0.1) is 0 Å². The van der Waals surface area contributed by atoms with Gasteiger partial charge in [-0.25, -0.2) is 13.4 Å². The number of hydrogen-bond donors (Lipinski definition) is 1. The van der Waals surface area contributed by atoms with E-state index in [0.717, 1.165) is 27.8 Å². The Balaban J connectivity index is 2.08. The summed E-state index contributed by atoms with van der Waals surface area (Å²) in [6.07, 6.45) is 2.85. The minimum absolute atomic E-state index is 0.279. The van der Waals surface area contributed by atoms with Gasteiger partial charge in [-0.1, -0.05) is 35.9 Å². The van der Waals surface area contributed by atoms with Gasteiger partial charge in [0.2, 0.25) is 0 Å². The van der Waals surface area contributed by atoms with Crippen molar-refractivity contribution in [3.8, 4) is 22.3 Å². The number of rotatable bonds is 3. The number of benzene rings is 2. The lowest BCUT2D eigenvalue weighted by molar-refractivity contribution is 0.602. The monoisotopic (exact) mass is 372 g/mol. The topological polar surface area (TPSA) is 73.0 Å². The maximum atomic E-state index is 11.6. The lowest BCUT2D eigenvalue weighted by Crippen LogP contribution is -1.97. The first kappa shape index (κ1) is 17.5. The first-order valence-corrected chi connectivity index (χ1v) is 9.85. The third-order valence-electron chi connectivity index (χ3n) is 3.95. The van der Waals surface area contributed by atoms with Crippen LogP contribution in [-0.2, 0) is 9.84 Å². The lowest BCUT2D eigenvalue weighted by Gasteiger charge is -2.11. The fourth-order valence-corrected chi connectivity index (χ4v) is 3.55. The Morgan fingerprint density at radius 1 is 0.960 bits per heavy atom. The first-order chi connectivity index (χ1) is 11.8. The molecule has 3 aromatic rings. The molecule has 0 aliphatic rings. The Labute approximate surface area is 152 Å². The van der Waals surface area contributed by atoms with Gasteiger partial charge in [-0.2, -0.15) is 0 Å². The molecule has 0 radical (unpaired) electrons. The minimum Gasteiger partial charge on any atom is -0.383 e. The van der Waals surface area contributed by atoms with Crippen LogP contribution in [0.1, 0.15) is 5.56 Å². The number of aryl methyl sites for hydroxylation is 1. The van der Waals surface area contributed by atoms with Gasteiger partial charge in [0.1, 0.15) is 5.82 Å². The molecule has 0 spiro atoms. The van der Waals surface area contributed by atoms with Crippen LogP contribution < -0.4 is 5.73 Å². The predicted molar refractivity (Wildman–Crippen MR) is 102 cm³/mol. The summed E-state index contributed by atoms with van der Waals surface area (Å²) in [7, 11) is -3.22. The SMILES string of the molecule is Cc1ccc(-c2cc(-c3ccc(S(C)(=O)=O)cc3)cnc2N)c(Cl)c1. The van der Waals surface area contributed by atoms with Crippen molar-refractivity contribution in [2.45, 2.75) is 11.8 Å². The van der Waals surface area contributed by atoms with Crippen LogP contribution in [0.4, 0.5) is 5.82 Å². The van der Waals surface area contributed by atoms with Crippen molar-refractivity contribution >= 4 is 27.3 Å². The molecule has 0 unspecified atom stereocenters. The van der Waals surface area contributed by atoms with E-state index in [1.54, 1.807) is 30.5 Å². The van der Waals surface area contributed by atoms with Gasteiger partial charge in [0, 0.05) is 34.2 Å². The molecule has 2 N–H and O–H groups in total. The van der Waals surface area contributed by atoms with Crippen LogP contribution >= 0.6 is 11.6 Å². The second-order valence-corrected chi connectivity index (χ2v) is 8.36. The maximum absolute atomic E-state index is 11.6. The Bertz CT molecular complexity index is 1050. The van der Waals surface area contributed by atoms with Crippen molar-refractivity contribution in [2.24, 2.45) is 0 Å². The largest absolute Gasteiger partial charge is 0.383 e. The Hall–Kier alpha value is -2.37. The van der Waals surface area contributed by atoms with E-state index in [1.165, 1.54) is 6.26 Å². The van der Waals surface area contributed by atoms with Crippen LogP contribution in [0.15, 0.2) is 59.6 Å². The number of nitrogen functional groups attached to an aromatic ring is 1. The van der Waals surface area contributed by atoms with E-state index in [0.29, 0.717) is 10.8 Å². The number of hydrogen-bond acceptors (Lipinski definition) is 4. The van der Waals surface area contributed by atoms with Gasteiger partial charge in [0.05, 0.1) is 4.90 Å². The third-order valence-corrected chi connectivity index (χ3v) is 5.39. The molecule has 0 atom stereocenters. The minimum atomic E-state index is -3.22. The fraction of sp³-hybridized carbons (Fsp3) is 0.105. The summed E-state index contributed by atoms with van der Waals surface area (Å²) in [6, 6.07) is 14.3. The van der Waals surface area contributed by atoms with Crippen molar-refractivity contribution in [1.29, 1.82) is 0 Å². The highest BCUT2D eigenvalue weighted by Gasteiger charge is 2.12. The summed E-state index contributed by atoms with van der Waals surface area (Å²) in [5, 5.41) is 0.609. The average molecular weight is 373 g/mol. The summed E-state index contributed by atoms with van der Waals surface area (Å²) in [6.45, 7) is 1.97. The van der Waals surface area contributed by atoms with E-state index < -0.39 is 9.84 Å². The average Bonchev–Trinajstić information content (AvgIpc) is 2.55. The number of nitrogens with two attached hydrogens (primary N) is 1. The maximum Gasteiger partial charge on any atom is 0.175 e. The van der Waals surface area contributed by atoms with Gasteiger partial charge in [0.25, 0.3) is 0 Å². The molecule has 0 amide bonds. The van der Waals surface area contributed by atoms with Crippen LogP contribution in [0.2, 0.25) is 5.02 Å². The van der Waals surface area contributed by atoms with Crippen molar-refractivity contribution in [1.82, 2.24) is 4.98 Å². The number of nitrogens with zero attached hydrogens (tertiary/aromatic N) is 1. The van der Waals surface area contributed by atoms with Crippen molar-refractivity contribution in [2.75, 3.05) is 12.0 Å². The molecule has 4 nitrogen and oxygen atoms in total. The molecule has 0 aliphatic carbocycles. The highest BCUT2D eigenvalue weighted by Crippen LogP contribution is 2.34. The molecule has 0 bridgehead atoms. The van der Waals surface area contributed by atoms with Gasteiger partial charge in [-0.05, 0) is 42.3 Å². The van der Waals surface area contributed by atoms with E-state index in [4.69, 9.17) is 17.3 Å². The fourth-order valence-electron chi connectivity index (χ4n) is 2.58. The van der Waals surface area contributed by atoms with E-state index in [2.05, 4.69) is 4.98 Å². The summed E-state index contributed by atoms with van der Waals surface area (Å²) in [4.78, 5) is 4.55. The zero-order chi connectivity index (χ0) is 18.2. The van der Waals surface area contributed by atoms with E-state index in [9.17, 15) is 8.42 Å². The summed E-state index contributed by atoms with van der Waals surface area (Å²) < 4.78 is 23.2. The quantitative estimate of drug-likeness (QED) is 0.741. The molecule has 6 heteroatoms. The molecule has 25 heavy (non-hydrogen) atoms. The van der Waals surface area contributed by atoms with E-state index in [-0.39, 0.29) is 4.90 Å². The molecule has 2 aromatic carbocycles. The number of halogens is 1. The Kier molecular flexibility index (Phi) is 4.54. The first-order valence-electron chi connectivity index (χ1n) is 7.58. The number of aromatic nitrogens is 1. The van der Waals surface area contributed by atoms with Crippen LogP contribution in [0, 0.1) is 6.92 Å². The molecule has 128 valence electrons. The van der Waals surface area contributed by atoms with Crippen LogP contribution in [-0.4, -0.2) is 19.7 Å². The summed E-state index contributed by atoms with van der Waals surface area (Å²) in [5.41, 5.74) is 10.3. The molecule has 0 aliphatic heterocycles. The van der Waals surface area contributed by atoms with Crippen molar-refractivity contribution in [3.63, 3.8) is 0 Å². The van der Waals surface area contributed by atoms with Crippen LogP contribution in [0.25, 0.3) is 22.3 Å².